The van der Waals surface area contributed by atoms with Crippen LogP contribution in [0.5, 0.6) is 0 Å². The third-order valence-electron chi connectivity index (χ3n) is 4.19. The highest BCUT2D eigenvalue weighted by atomic mass is 79.9. The second-order valence-electron chi connectivity index (χ2n) is 5.38. The van der Waals surface area contributed by atoms with Gasteiger partial charge >= 0.3 is 0 Å². The quantitative estimate of drug-likeness (QED) is 0.878. The molecular formula is C15H22BrClN2. The molecule has 0 radical (unpaired) electrons. The van der Waals surface area contributed by atoms with Gasteiger partial charge in [-0.3, -0.25) is 4.90 Å². The Morgan fingerprint density at radius 2 is 2.05 bits per heavy atom. The highest BCUT2D eigenvalue weighted by molar-refractivity contribution is 9.10. The first-order valence-electron chi connectivity index (χ1n) is 7.00. The van der Waals surface area contributed by atoms with Crippen molar-refractivity contribution in [2.24, 2.45) is 5.73 Å². The summed E-state index contributed by atoms with van der Waals surface area (Å²) in [5, 5.41) is 0.757. The number of hydrogen-bond acceptors (Lipinski definition) is 2. The smallest absolute Gasteiger partial charge is 0.0551 e. The minimum atomic E-state index is 0.258. The fourth-order valence-corrected chi connectivity index (χ4v) is 3.44. The van der Waals surface area contributed by atoms with Gasteiger partial charge < -0.3 is 5.73 Å². The Bertz CT molecular complexity index is 419. The molecular weight excluding hydrogens is 324 g/mol. The Morgan fingerprint density at radius 1 is 1.37 bits per heavy atom. The van der Waals surface area contributed by atoms with Crippen molar-refractivity contribution in [3.05, 3.63) is 33.3 Å². The number of rotatable bonds is 4. The van der Waals surface area contributed by atoms with Gasteiger partial charge in [0, 0.05) is 23.1 Å². The van der Waals surface area contributed by atoms with E-state index in [9.17, 15) is 0 Å². The second-order valence-corrected chi connectivity index (χ2v) is 6.64. The minimum absolute atomic E-state index is 0.258. The summed E-state index contributed by atoms with van der Waals surface area (Å²) in [5.74, 6) is 0. The van der Waals surface area contributed by atoms with Crippen LogP contribution in [0.3, 0.4) is 0 Å². The minimum Gasteiger partial charge on any atom is -0.329 e. The Hall–Kier alpha value is -0.0900. The number of nitrogens with zero attached hydrogens (tertiary/aromatic N) is 1. The van der Waals surface area contributed by atoms with Crippen LogP contribution in [-0.2, 0) is 0 Å². The first-order chi connectivity index (χ1) is 9.13. The van der Waals surface area contributed by atoms with E-state index in [1.807, 2.05) is 12.1 Å². The van der Waals surface area contributed by atoms with E-state index in [0.29, 0.717) is 12.6 Å². The van der Waals surface area contributed by atoms with Gasteiger partial charge in [0.2, 0.25) is 0 Å². The van der Waals surface area contributed by atoms with Crippen LogP contribution < -0.4 is 5.73 Å². The number of hydrogen-bond donors (Lipinski definition) is 1. The molecule has 1 fully saturated rings. The Kier molecular flexibility index (Phi) is 5.70. The SMILES string of the molecule is CN(C1CCCCC1)C(CN)c1ccc(Br)c(Cl)c1. The van der Waals surface area contributed by atoms with E-state index < -0.39 is 0 Å². The van der Waals surface area contributed by atoms with Crippen molar-refractivity contribution in [1.82, 2.24) is 4.90 Å². The van der Waals surface area contributed by atoms with Crippen molar-refractivity contribution < 1.29 is 0 Å². The van der Waals surface area contributed by atoms with Crippen molar-refractivity contribution >= 4 is 27.5 Å². The van der Waals surface area contributed by atoms with Crippen LogP contribution in [-0.4, -0.2) is 24.5 Å². The first-order valence-corrected chi connectivity index (χ1v) is 8.17. The van der Waals surface area contributed by atoms with Crippen LogP contribution >= 0.6 is 27.5 Å². The third-order valence-corrected chi connectivity index (χ3v) is 5.43. The van der Waals surface area contributed by atoms with Gasteiger partial charge in [0.25, 0.3) is 0 Å². The van der Waals surface area contributed by atoms with Crippen molar-refractivity contribution in [3.8, 4) is 0 Å². The van der Waals surface area contributed by atoms with E-state index in [2.05, 4.69) is 33.9 Å². The predicted molar refractivity (Wildman–Crippen MR) is 85.6 cm³/mol. The topological polar surface area (TPSA) is 29.3 Å². The number of halogens is 2. The average molecular weight is 346 g/mol. The molecule has 2 rings (SSSR count). The summed E-state index contributed by atoms with van der Waals surface area (Å²) in [4.78, 5) is 2.44. The normalized spacial score (nSPS) is 18.8. The molecule has 1 saturated carbocycles. The van der Waals surface area contributed by atoms with Crippen molar-refractivity contribution in [2.75, 3.05) is 13.6 Å². The molecule has 4 heteroatoms. The maximum absolute atomic E-state index is 6.20. The lowest BCUT2D eigenvalue weighted by molar-refractivity contribution is 0.141. The molecule has 0 aromatic heterocycles. The zero-order valence-corrected chi connectivity index (χ0v) is 13.8. The maximum atomic E-state index is 6.20. The molecule has 0 heterocycles. The van der Waals surface area contributed by atoms with E-state index in [4.69, 9.17) is 17.3 Å². The van der Waals surface area contributed by atoms with Crippen LogP contribution in [0.1, 0.15) is 43.7 Å². The summed E-state index contributed by atoms with van der Waals surface area (Å²) in [6.45, 7) is 0.630. The molecule has 1 atom stereocenters. The molecule has 1 aromatic rings. The van der Waals surface area contributed by atoms with Gasteiger partial charge in [0.05, 0.1) is 5.02 Å². The molecule has 1 aliphatic carbocycles. The average Bonchev–Trinajstić information content (AvgIpc) is 2.44. The predicted octanol–water partition coefficient (Wildman–Crippen LogP) is 4.37. The van der Waals surface area contributed by atoms with Gasteiger partial charge in [-0.2, -0.15) is 0 Å². The van der Waals surface area contributed by atoms with E-state index in [-0.39, 0.29) is 6.04 Å². The molecule has 1 aromatic carbocycles. The van der Waals surface area contributed by atoms with E-state index >= 15 is 0 Å². The molecule has 0 spiro atoms. The lowest BCUT2D eigenvalue weighted by atomic mass is 9.92. The number of benzene rings is 1. The summed E-state index contributed by atoms with van der Waals surface area (Å²) in [6, 6.07) is 7.07. The molecule has 0 amide bonds. The van der Waals surface area contributed by atoms with Crippen LogP contribution in [0, 0.1) is 0 Å². The van der Waals surface area contributed by atoms with Crippen LogP contribution in [0.25, 0.3) is 0 Å². The van der Waals surface area contributed by atoms with Crippen LogP contribution in [0.15, 0.2) is 22.7 Å². The Labute approximate surface area is 129 Å². The zero-order chi connectivity index (χ0) is 13.8. The summed E-state index contributed by atoms with van der Waals surface area (Å²) in [5.41, 5.74) is 7.22. The van der Waals surface area contributed by atoms with E-state index in [0.717, 1.165) is 9.50 Å². The molecule has 1 aliphatic rings. The van der Waals surface area contributed by atoms with Crippen LogP contribution in [0.4, 0.5) is 0 Å². The summed E-state index contributed by atoms with van der Waals surface area (Å²) >= 11 is 9.64. The third kappa shape index (κ3) is 3.72. The van der Waals surface area contributed by atoms with Crippen LogP contribution in [0.2, 0.25) is 5.02 Å². The largest absolute Gasteiger partial charge is 0.329 e. The molecule has 0 saturated heterocycles. The Morgan fingerprint density at radius 3 is 2.63 bits per heavy atom. The summed E-state index contributed by atoms with van der Waals surface area (Å²) < 4.78 is 0.939. The molecule has 19 heavy (non-hydrogen) atoms. The van der Waals surface area contributed by atoms with Gasteiger partial charge in [0.1, 0.15) is 0 Å². The zero-order valence-electron chi connectivity index (χ0n) is 11.4. The maximum Gasteiger partial charge on any atom is 0.0551 e. The molecule has 0 aliphatic heterocycles. The fraction of sp³-hybridized carbons (Fsp3) is 0.600. The summed E-state index contributed by atoms with van der Waals surface area (Å²) in [7, 11) is 2.20. The van der Waals surface area contributed by atoms with E-state index in [1.165, 1.54) is 37.7 Å². The number of nitrogens with two attached hydrogens (primary N) is 1. The van der Waals surface area contributed by atoms with Gasteiger partial charge in [-0.25, -0.2) is 0 Å². The molecule has 2 N–H and O–H groups in total. The molecule has 106 valence electrons. The highest BCUT2D eigenvalue weighted by Gasteiger charge is 2.25. The second kappa shape index (κ2) is 7.07. The highest BCUT2D eigenvalue weighted by Crippen LogP contribution is 2.31. The van der Waals surface area contributed by atoms with Gasteiger partial charge in [-0.1, -0.05) is 36.9 Å². The first kappa shape index (κ1) is 15.3. The monoisotopic (exact) mass is 344 g/mol. The molecule has 1 unspecified atom stereocenters. The Balaban J connectivity index is 2.15. The standard InChI is InChI=1S/C15H22BrClN2/c1-19(12-5-3-2-4-6-12)15(10-18)11-7-8-13(16)14(17)9-11/h7-9,12,15H,2-6,10,18H2,1H3. The number of likely N-dealkylation sites (N-methyl/N-ethyl adjacent to an activating group) is 1. The van der Waals surface area contributed by atoms with Gasteiger partial charge in [0.15, 0.2) is 0 Å². The molecule has 2 nitrogen and oxygen atoms in total. The fourth-order valence-electron chi connectivity index (χ4n) is 3.00. The summed E-state index contributed by atoms with van der Waals surface area (Å²) in [6.07, 6.45) is 6.64. The van der Waals surface area contributed by atoms with Crippen molar-refractivity contribution in [3.63, 3.8) is 0 Å². The lowest BCUT2D eigenvalue weighted by Crippen LogP contribution is -2.39. The van der Waals surface area contributed by atoms with Crippen molar-refractivity contribution in [1.29, 1.82) is 0 Å². The lowest BCUT2D eigenvalue weighted by Gasteiger charge is -2.37. The molecule has 0 bridgehead atoms. The van der Waals surface area contributed by atoms with Gasteiger partial charge in [-0.05, 0) is 53.5 Å². The van der Waals surface area contributed by atoms with E-state index in [1.54, 1.807) is 0 Å². The van der Waals surface area contributed by atoms with Gasteiger partial charge in [-0.15, -0.1) is 0 Å². The van der Waals surface area contributed by atoms with Crippen molar-refractivity contribution in [2.45, 2.75) is 44.2 Å².